The highest BCUT2D eigenvalue weighted by molar-refractivity contribution is 6.00. The molecule has 11 nitrogen and oxygen atoms in total. The van der Waals surface area contributed by atoms with Crippen LogP contribution in [0.25, 0.3) is 0 Å². The molecule has 3 N–H and O–H groups in total. The number of anilines is 2. The molecule has 1 aromatic heterocycles. The van der Waals surface area contributed by atoms with E-state index in [0.29, 0.717) is 56.2 Å². The highest BCUT2D eigenvalue weighted by Gasteiger charge is 2.38. The molecule has 2 fully saturated rings. The molecule has 2 aliphatic rings. The van der Waals surface area contributed by atoms with Crippen LogP contribution in [0.1, 0.15) is 91.0 Å². The van der Waals surface area contributed by atoms with Crippen LogP contribution in [-0.4, -0.2) is 74.7 Å². The maximum atomic E-state index is 15.7. The molecular formula is C34H49FN6O5. The smallest absolute Gasteiger partial charge is 0.247 e. The zero-order chi connectivity index (χ0) is 33.6. The number of hydrogen-bond donors (Lipinski definition) is 3. The zero-order valence-electron chi connectivity index (χ0n) is 27.7. The summed E-state index contributed by atoms with van der Waals surface area (Å²) in [6.07, 6.45) is 6.65. The van der Waals surface area contributed by atoms with Crippen molar-refractivity contribution in [3.05, 3.63) is 41.8 Å². The number of piperidine rings is 1. The summed E-state index contributed by atoms with van der Waals surface area (Å²) in [5, 5.41) is 20.2. The van der Waals surface area contributed by atoms with Gasteiger partial charge >= 0.3 is 0 Å². The van der Waals surface area contributed by atoms with Crippen molar-refractivity contribution in [1.82, 2.24) is 20.0 Å². The largest absolute Gasteiger partial charge is 0.390 e. The predicted octanol–water partition coefficient (Wildman–Crippen LogP) is 4.21. The Morgan fingerprint density at radius 1 is 1.15 bits per heavy atom. The van der Waals surface area contributed by atoms with Gasteiger partial charge in [0, 0.05) is 38.0 Å². The summed E-state index contributed by atoms with van der Waals surface area (Å²) < 4.78 is 17.4. The molecular weight excluding hydrogens is 591 g/mol. The summed E-state index contributed by atoms with van der Waals surface area (Å²) in [7, 11) is 0. The molecule has 0 bridgehead atoms. The van der Waals surface area contributed by atoms with Crippen molar-refractivity contribution in [1.29, 1.82) is 0 Å². The Labute approximate surface area is 270 Å². The van der Waals surface area contributed by atoms with Crippen molar-refractivity contribution < 1.29 is 28.7 Å². The number of carbonyl (C=O) groups is 4. The van der Waals surface area contributed by atoms with Crippen molar-refractivity contribution in [2.45, 2.75) is 110 Å². The van der Waals surface area contributed by atoms with Crippen molar-refractivity contribution in [3.8, 4) is 0 Å². The van der Waals surface area contributed by atoms with E-state index in [9.17, 15) is 24.3 Å². The van der Waals surface area contributed by atoms with E-state index in [2.05, 4.69) is 22.7 Å². The Morgan fingerprint density at radius 2 is 1.83 bits per heavy atom. The minimum Gasteiger partial charge on any atom is -0.390 e. The highest BCUT2D eigenvalue weighted by Crippen LogP contribution is 2.35. The fourth-order valence-electron chi connectivity index (χ4n) is 6.62. The van der Waals surface area contributed by atoms with Crippen LogP contribution in [0.5, 0.6) is 0 Å². The monoisotopic (exact) mass is 640 g/mol. The van der Waals surface area contributed by atoms with Crippen LogP contribution in [0, 0.1) is 17.7 Å². The molecule has 3 atom stereocenters. The van der Waals surface area contributed by atoms with E-state index in [-0.39, 0.29) is 29.8 Å². The average molecular weight is 641 g/mol. The number of aromatic nitrogens is 2. The molecule has 0 spiro atoms. The van der Waals surface area contributed by atoms with Gasteiger partial charge in [-0.3, -0.25) is 24.1 Å². The highest BCUT2D eigenvalue weighted by atomic mass is 19.1. The Bertz CT molecular complexity index is 1380. The fourth-order valence-corrected chi connectivity index (χ4v) is 6.62. The molecule has 1 aliphatic heterocycles. The number of nitrogens with zero attached hydrogens (tertiary/aromatic N) is 4. The van der Waals surface area contributed by atoms with Gasteiger partial charge in [0.15, 0.2) is 0 Å². The lowest BCUT2D eigenvalue weighted by atomic mass is 9.78. The molecule has 4 rings (SSSR count). The predicted molar refractivity (Wildman–Crippen MR) is 173 cm³/mol. The summed E-state index contributed by atoms with van der Waals surface area (Å²) in [6.45, 7) is 10.5. The van der Waals surface area contributed by atoms with Gasteiger partial charge in [-0.15, -0.1) is 0 Å². The number of aliphatic hydroxyl groups is 1. The third kappa shape index (κ3) is 8.12. The molecule has 2 heterocycles. The lowest BCUT2D eigenvalue weighted by Gasteiger charge is -2.38. The fraction of sp³-hybridized carbons (Fsp3) is 0.618. The van der Waals surface area contributed by atoms with Gasteiger partial charge in [-0.2, -0.15) is 5.10 Å². The van der Waals surface area contributed by atoms with Gasteiger partial charge in [-0.25, -0.2) is 9.07 Å². The quantitative estimate of drug-likeness (QED) is 0.298. The van der Waals surface area contributed by atoms with Gasteiger partial charge in [0.1, 0.15) is 23.7 Å². The Hall–Kier alpha value is -3.80. The third-order valence-corrected chi connectivity index (χ3v) is 9.78. The molecule has 46 heavy (non-hydrogen) atoms. The third-order valence-electron chi connectivity index (χ3n) is 9.78. The first kappa shape index (κ1) is 35.1. The van der Waals surface area contributed by atoms with Gasteiger partial charge in [0.2, 0.25) is 24.1 Å². The maximum absolute atomic E-state index is 15.7. The molecule has 4 amide bonds. The first-order chi connectivity index (χ1) is 21.9. The molecule has 1 saturated heterocycles. The van der Waals surface area contributed by atoms with Crippen LogP contribution in [0.3, 0.4) is 0 Å². The van der Waals surface area contributed by atoms with E-state index in [0.717, 1.165) is 25.7 Å². The Balaban J connectivity index is 1.57. The van der Waals surface area contributed by atoms with Gasteiger partial charge in [0.05, 0.1) is 17.5 Å². The summed E-state index contributed by atoms with van der Waals surface area (Å²) >= 11 is 0. The lowest BCUT2D eigenvalue weighted by molar-refractivity contribution is -0.140. The molecule has 1 aromatic carbocycles. The van der Waals surface area contributed by atoms with E-state index in [4.69, 9.17) is 0 Å². The number of likely N-dealkylation sites (tertiary alicyclic amines) is 1. The normalized spacial score (nSPS) is 21.5. The maximum Gasteiger partial charge on any atom is 0.247 e. The van der Waals surface area contributed by atoms with Crippen molar-refractivity contribution in [2.75, 3.05) is 23.3 Å². The van der Waals surface area contributed by atoms with Crippen LogP contribution in [0.2, 0.25) is 0 Å². The zero-order valence-corrected chi connectivity index (χ0v) is 27.7. The topological polar surface area (TPSA) is 137 Å². The second-order valence-corrected chi connectivity index (χ2v) is 13.2. The number of amides is 4. The molecule has 0 unspecified atom stereocenters. The van der Waals surface area contributed by atoms with Gasteiger partial charge < -0.3 is 20.6 Å². The Morgan fingerprint density at radius 3 is 2.41 bits per heavy atom. The number of rotatable bonds is 12. The van der Waals surface area contributed by atoms with Gasteiger partial charge in [0.25, 0.3) is 0 Å². The van der Waals surface area contributed by atoms with Crippen LogP contribution in [0.15, 0.2) is 30.5 Å². The first-order valence-corrected chi connectivity index (χ1v) is 16.5. The number of benzene rings is 1. The van der Waals surface area contributed by atoms with E-state index in [1.165, 1.54) is 17.0 Å². The number of nitrogens with one attached hydrogen (secondary N) is 2. The van der Waals surface area contributed by atoms with Crippen LogP contribution in [-0.2, 0) is 25.7 Å². The molecule has 252 valence electrons. The van der Waals surface area contributed by atoms with E-state index < -0.39 is 35.3 Å². The summed E-state index contributed by atoms with van der Waals surface area (Å²) in [4.78, 5) is 55.5. The van der Waals surface area contributed by atoms with Gasteiger partial charge in [-0.1, -0.05) is 39.7 Å². The molecule has 0 radical (unpaired) electrons. The van der Waals surface area contributed by atoms with E-state index in [1.54, 1.807) is 48.7 Å². The lowest BCUT2D eigenvalue weighted by Crippen LogP contribution is -2.54. The summed E-state index contributed by atoms with van der Waals surface area (Å²) in [6, 6.07) is 4.29. The van der Waals surface area contributed by atoms with Crippen LogP contribution < -0.4 is 15.5 Å². The number of aryl methyl sites for hydroxylation is 1. The molecule has 12 heteroatoms. The first-order valence-electron chi connectivity index (χ1n) is 16.5. The molecule has 2 aromatic rings. The van der Waals surface area contributed by atoms with Crippen LogP contribution in [0.4, 0.5) is 15.9 Å². The van der Waals surface area contributed by atoms with Crippen LogP contribution >= 0.6 is 0 Å². The van der Waals surface area contributed by atoms with Gasteiger partial charge in [-0.05, 0) is 69.1 Å². The SMILES string of the molecule is CCC(=O)N[C@@H](C(=O)N1CCC(C)(O)CC1)[C@@H](C)c1ccc(NC(=O)[C@H](C2CCC(C)CC2)N(C=O)c2ccnn2CC)c(F)c1. The summed E-state index contributed by atoms with van der Waals surface area (Å²) in [5.41, 5.74) is -0.403. The second kappa shape index (κ2) is 15.2. The van der Waals surface area contributed by atoms with E-state index >= 15 is 4.39 Å². The van der Waals surface area contributed by atoms with Crippen molar-refractivity contribution >= 4 is 35.6 Å². The van der Waals surface area contributed by atoms with Crippen molar-refractivity contribution in [2.24, 2.45) is 11.8 Å². The minimum absolute atomic E-state index is 0.0382. The second-order valence-electron chi connectivity index (χ2n) is 13.2. The summed E-state index contributed by atoms with van der Waals surface area (Å²) in [5.74, 6) is -1.42. The number of carbonyl (C=O) groups excluding carboxylic acids is 4. The standard InChI is InChI=1S/C34H49FN6O5/c1-6-28(43)38-30(33(45)39-18-15-34(5,46)16-19-39)23(4)25-12-13-27(26(35)20-25)37-32(44)31(24-10-8-22(3)9-11-24)40(21-42)29-14-17-36-41(29)7-2/h12-14,17,20-24,30-31,46H,6-11,15-16,18-19H2,1-5H3,(H,37,44)(H,38,43)/t22?,23-,24?,30+,31-/m0/s1. The molecule has 1 saturated carbocycles. The average Bonchev–Trinajstić information content (AvgIpc) is 3.51. The molecule has 1 aliphatic carbocycles. The number of hydrogen-bond acceptors (Lipinski definition) is 6. The number of halogens is 1. The van der Waals surface area contributed by atoms with E-state index in [1.807, 2.05) is 6.92 Å². The minimum atomic E-state index is -0.932. The van der Waals surface area contributed by atoms with Crippen molar-refractivity contribution in [3.63, 3.8) is 0 Å². The Kier molecular flexibility index (Phi) is 11.6.